The molecule has 7 heteroatoms. The van der Waals surface area contributed by atoms with E-state index in [-0.39, 0.29) is 10.2 Å². The number of rotatable bonds is 8. The topological polar surface area (TPSA) is 60.9 Å². The summed E-state index contributed by atoms with van der Waals surface area (Å²) in [4.78, 5) is 27.4. The van der Waals surface area contributed by atoms with Crippen LogP contribution in [0.4, 0.5) is 17.1 Å². The highest BCUT2D eigenvalue weighted by Crippen LogP contribution is 2.36. The molecule has 0 bridgehead atoms. The predicted octanol–water partition coefficient (Wildman–Crippen LogP) is 7.61. The van der Waals surface area contributed by atoms with E-state index in [0.29, 0.717) is 4.91 Å². The number of benzene rings is 4. The summed E-state index contributed by atoms with van der Waals surface area (Å²) in [7, 11) is 0. The van der Waals surface area contributed by atoms with E-state index in [1.165, 1.54) is 0 Å². The normalized spacial score (nSPS) is 14.4. The van der Waals surface area contributed by atoms with Gasteiger partial charge in [-0.3, -0.25) is 14.5 Å². The number of anilines is 3. The fourth-order valence-corrected chi connectivity index (χ4v) is 5.41. The van der Waals surface area contributed by atoms with Crippen LogP contribution in [0.5, 0.6) is 0 Å². The van der Waals surface area contributed by atoms with E-state index in [4.69, 9.17) is 17.3 Å². The molecule has 5 nitrogen and oxygen atoms in total. The van der Waals surface area contributed by atoms with Gasteiger partial charge in [-0.05, 0) is 59.2 Å². The zero-order valence-corrected chi connectivity index (χ0v) is 22.4. The van der Waals surface area contributed by atoms with E-state index in [9.17, 15) is 9.59 Å². The Balaban J connectivity index is 1.40. The molecule has 0 aliphatic carbocycles. The lowest BCUT2D eigenvalue weighted by atomic mass is 10.1. The Labute approximate surface area is 236 Å². The van der Waals surface area contributed by atoms with Crippen molar-refractivity contribution in [3.63, 3.8) is 0 Å². The quantitative estimate of drug-likeness (QED) is 0.139. The Kier molecular flexibility index (Phi) is 8.01. The van der Waals surface area contributed by atoms with Crippen molar-refractivity contribution in [2.45, 2.75) is 0 Å². The monoisotopic (exact) mass is 548 g/mol. The van der Waals surface area contributed by atoms with Gasteiger partial charge in [-0.1, -0.05) is 109 Å². The molecule has 192 valence electrons. The first-order chi connectivity index (χ1) is 19.0. The SMILES string of the molecule is O=C(O)CN1C(=O)/C(=C\c2ccc(N(c3ccccc3)c3ccc(/C=C/c4ccccc4)cc3)cc2)SC1=S. The van der Waals surface area contributed by atoms with Gasteiger partial charge < -0.3 is 10.0 Å². The van der Waals surface area contributed by atoms with E-state index in [1.807, 2.05) is 60.7 Å². The second-order valence-corrected chi connectivity index (χ2v) is 10.4. The zero-order valence-electron chi connectivity index (χ0n) is 20.8. The average molecular weight is 549 g/mol. The zero-order chi connectivity index (χ0) is 27.2. The molecule has 0 atom stereocenters. The Morgan fingerprint density at radius 2 is 1.23 bits per heavy atom. The molecule has 1 N–H and O–H groups in total. The van der Waals surface area contributed by atoms with Gasteiger partial charge in [-0.25, -0.2) is 0 Å². The van der Waals surface area contributed by atoms with Crippen LogP contribution in [0.15, 0.2) is 114 Å². The van der Waals surface area contributed by atoms with E-state index in [0.717, 1.165) is 50.4 Å². The molecule has 0 unspecified atom stereocenters. The van der Waals surface area contributed by atoms with E-state index < -0.39 is 12.5 Å². The van der Waals surface area contributed by atoms with Crippen LogP contribution >= 0.6 is 24.0 Å². The highest BCUT2D eigenvalue weighted by Gasteiger charge is 2.33. The Bertz CT molecular complexity index is 1550. The van der Waals surface area contributed by atoms with Crippen molar-refractivity contribution < 1.29 is 14.7 Å². The lowest BCUT2D eigenvalue weighted by Gasteiger charge is -2.25. The largest absolute Gasteiger partial charge is 0.480 e. The number of carboxylic acid groups (broad SMARTS) is 1. The van der Waals surface area contributed by atoms with Crippen molar-refractivity contribution in [1.29, 1.82) is 0 Å². The summed E-state index contributed by atoms with van der Waals surface area (Å²) in [5, 5.41) is 9.05. The van der Waals surface area contributed by atoms with E-state index in [1.54, 1.807) is 6.08 Å². The van der Waals surface area contributed by atoms with Crippen molar-refractivity contribution in [2.75, 3.05) is 11.4 Å². The standard InChI is InChI=1S/C32H24N2O3S2/c35-30(36)22-33-31(37)29(39-32(33)38)21-25-15-19-28(20-16-25)34(26-9-5-2-6-10-26)27-17-13-24(14-18-27)12-11-23-7-3-1-4-8-23/h1-21H,22H2,(H,35,36)/b12-11+,29-21+. The van der Waals surface area contributed by atoms with Crippen molar-refractivity contribution in [2.24, 2.45) is 0 Å². The van der Waals surface area contributed by atoms with Gasteiger partial charge in [-0.2, -0.15) is 0 Å². The van der Waals surface area contributed by atoms with Crippen molar-refractivity contribution in [3.05, 3.63) is 131 Å². The number of carboxylic acids is 1. The van der Waals surface area contributed by atoms with Crippen LogP contribution in [0.3, 0.4) is 0 Å². The maximum atomic E-state index is 12.6. The maximum Gasteiger partial charge on any atom is 0.323 e. The minimum Gasteiger partial charge on any atom is -0.480 e. The summed E-state index contributed by atoms with van der Waals surface area (Å²) in [6, 6.07) is 36.6. The molecule has 0 saturated carbocycles. The molecule has 1 amide bonds. The number of nitrogens with zero attached hydrogens (tertiary/aromatic N) is 2. The summed E-state index contributed by atoms with van der Waals surface area (Å²) in [5.41, 5.74) is 6.07. The van der Waals surface area contributed by atoms with Gasteiger partial charge in [0.15, 0.2) is 0 Å². The summed E-state index contributed by atoms with van der Waals surface area (Å²) in [6.45, 7) is -0.437. The molecule has 1 heterocycles. The molecule has 4 aromatic rings. The van der Waals surface area contributed by atoms with Crippen LogP contribution in [0, 0.1) is 0 Å². The molecular weight excluding hydrogens is 524 g/mol. The number of hydrogen-bond acceptors (Lipinski definition) is 5. The van der Waals surface area contributed by atoms with Crippen LogP contribution in [0.1, 0.15) is 16.7 Å². The number of amides is 1. The summed E-state index contributed by atoms with van der Waals surface area (Å²) < 4.78 is 0.252. The van der Waals surface area contributed by atoms with Gasteiger partial charge in [0.1, 0.15) is 10.9 Å². The second-order valence-electron chi connectivity index (χ2n) is 8.76. The lowest BCUT2D eigenvalue weighted by molar-refractivity contribution is -0.140. The molecular formula is C32H24N2O3S2. The first-order valence-electron chi connectivity index (χ1n) is 12.2. The number of aliphatic carboxylic acids is 1. The maximum absolute atomic E-state index is 12.6. The van der Waals surface area contributed by atoms with Gasteiger partial charge in [0.25, 0.3) is 5.91 Å². The van der Waals surface area contributed by atoms with Gasteiger partial charge in [0.2, 0.25) is 0 Å². The summed E-state index contributed by atoms with van der Waals surface area (Å²) in [5.74, 6) is -1.48. The van der Waals surface area contributed by atoms with Crippen LogP contribution in [0.25, 0.3) is 18.2 Å². The number of thiocarbonyl (C=S) groups is 1. The van der Waals surface area contributed by atoms with Gasteiger partial charge in [0, 0.05) is 17.1 Å². The van der Waals surface area contributed by atoms with Gasteiger partial charge in [-0.15, -0.1) is 0 Å². The smallest absolute Gasteiger partial charge is 0.323 e. The average Bonchev–Trinajstić information content (AvgIpc) is 3.21. The van der Waals surface area contributed by atoms with E-state index in [2.05, 4.69) is 65.6 Å². The third kappa shape index (κ3) is 6.34. The molecule has 1 fully saturated rings. The second kappa shape index (κ2) is 11.9. The van der Waals surface area contributed by atoms with Crippen LogP contribution in [-0.2, 0) is 9.59 Å². The van der Waals surface area contributed by atoms with E-state index >= 15 is 0 Å². The Morgan fingerprint density at radius 3 is 1.79 bits per heavy atom. The molecule has 1 saturated heterocycles. The van der Waals surface area contributed by atoms with Gasteiger partial charge >= 0.3 is 5.97 Å². The van der Waals surface area contributed by atoms with Crippen molar-refractivity contribution in [1.82, 2.24) is 4.90 Å². The summed E-state index contributed by atoms with van der Waals surface area (Å²) in [6.07, 6.45) is 5.93. The molecule has 0 radical (unpaired) electrons. The number of hydrogen-bond donors (Lipinski definition) is 1. The Hall–Kier alpha value is -4.46. The molecule has 4 aromatic carbocycles. The number of para-hydroxylation sites is 1. The molecule has 39 heavy (non-hydrogen) atoms. The number of carbonyl (C=O) groups excluding carboxylic acids is 1. The summed E-state index contributed by atoms with van der Waals surface area (Å²) >= 11 is 6.31. The fraction of sp³-hybridized carbons (Fsp3) is 0.0312. The minimum atomic E-state index is -1.10. The molecule has 1 aliphatic heterocycles. The first-order valence-corrected chi connectivity index (χ1v) is 13.5. The predicted molar refractivity (Wildman–Crippen MR) is 164 cm³/mol. The third-order valence-electron chi connectivity index (χ3n) is 6.05. The lowest BCUT2D eigenvalue weighted by Crippen LogP contribution is -2.33. The van der Waals surface area contributed by atoms with Crippen molar-refractivity contribution >= 4 is 75.5 Å². The number of thioether (sulfide) groups is 1. The molecule has 0 spiro atoms. The highest BCUT2D eigenvalue weighted by molar-refractivity contribution is 8.26. The highest BCUT2D eigenvalue weighted by atomic mass is 32.2. The molecule has 5 rings (SSSR count). The number of carbonyl (C=O) groups is 2. The minimum absolute atomic E-state index is 0.252. The van der Waals surface area contributed by atoms with Crippen LogP contribution in [-0.4, -0.2) is 32.7 Å². The first kappa shape index (κ1) is 26.2. The fourth-order valence-electron chi connectivity index (χ4n) is 4.16. The third-order valence-corrected chi connectivity index (χ3v) is 7.43. The van der Waals surface area contributed by atoms with Crippen molar-refractivity contribution in [3.8, 4) is 0 Å². The van der Waals surface area contributed by atoms with Crippen LogP contribution < -0.4 is 4.90 Å². The molecule has 0 aromatic heterocycles. The Morgan fingerprint density at radius 1 is 0.744 bits per heavy atom. The molecule has 1 aliphatic rings. The van der Waals surface area contributed by atoms with Gasteiger partial charge in [0.05, 0.1) is 4.91 Å². The van der Waals surface area contributed by atoms with Crippen LogP contribution in [0.2, 0.25) is 0 Å².